The molecule has 1 N–H and O–H groups in total. The van der Waals surface area contributed by atoms with Crippen molar-refractivity contribution in [3.8, 4) is 28.6 Å². The van der Waals surface area contributed by atoms with Crippen LogP contribution in [0.25, 0.3) is 22.8 Å². The quantitative estimate of drug-likeness (QED) is 0.433. The zero-order chi connectivity index (χ0) is 23.6. The summed E-state index contributed by atoms with van der Waals surface area (Å²) in [5, 5.41) is 16.8. The number of halogens is 3. The summed E-state index contributed by atoms with van der Waals surface area (Å²) in [6, 6.07) is 12.2. The summed E-state index contributed by atoms with van der Waals surface area (Å²) >= 11 is 0. The number of hydrogen-bond acceptors (Lipinski definition) is 6. The van der Waals surface area contributed by atoms with Gasteiger partial charge in [0.1, 0.15) is 5.75 Å². The second-order valence-corrected chi connectivity index (χ2v) is 7.05. The third kappa shape index (κ3) is 4.86. The van der Waals surface area contributed by atoms with Gasteiger partial charge in [-0.2, -0.15) is 23.3 Å². The number of carbonyl (C=O) groups is 1. The molecule has 170 valence electrons. The van der Waals surface area contributed by atoms with Crippen molar-refractivity contribution in [1.82, 2.24) is 19.9 Å². The van der Waals surface area contributed by atoms with E-state index in [0.717, 1.165) is 11.6 Å². The molecule has 0 atom stereocenters. The van der Waals surface area contributed by atoms with Crippen molar-refractivity contribution in [2.45, 2.75) is 19.1 Å². The average Bonchev–Trinajstić information content (AvgIpc) is 3.47. The van der Waals surface area contributed by atoms with Gasteiger partial charge in [-0.3, -0.25) is 4.68 Å². The first kappa shape index (κ1) is 22.1. The Labute approximate surface area is 185 Å². The summed E-state index contributed by atoms with van der Waals surface area (Å²) in [7, 11) is 1.17. The number of benzene rings is 2. The van der Waals surface area contributed by atoms with Crippen molar-refractivity contribution in [1.29, 1.82) is 0 Å². The molecule has 8 nitrogen and oxygen atoms in total. The van der Waals surface area contributed by atoms with E-state index in [1.165, 1.54) is 25.3 Å². The van der Waals surface area contributed by atoms with Gasteiger partial charge in [-0.25, -0.2) is 4.79 Å². The summed E-state index contributed by atoms with van der Waals surface area (Å²) < 4.78 is 51.3. The van der Waals surface area contributed by atoms with Gasteiger partial charge < -0.3 is 14.4 Å². The Balaban J connectivity index is 1.48. The normalized spacial score (nSPS) is 11.5. The Hall–Kier alpha value is -4.15. The molecule has 0 bridgehead atoms. The highest BCUT2D eigenvalue weighted by molar-refractivity contribution is 5.85. The maximum atomic E-state index is 13.3. The monoisotopic (exact) mass is 458 g/mol. The lowest BCUT2D eigenvalue weighted by atomic mass is 10.1. The lowest BCUT2D eigenvalue weighted by molar-refractivity contribution is -0.138. The van der Waals surface area contributed by atoms with E-state index in [-0.39, 0.29) is 28.7 Å². The molecule has 0 radical (unpaired) electrons. The van der Waals surface area contributed by atoms with E-state index in [9.17, 15) is 18.0 Å². The number of ether oxygens (including phenoxy) is 1. The molecule has 0 fully saturated rings. The first-order chi connectivity index (χ1) is 15.7. The highest BCUT2D eigenvalue weighted by atomic mass is 19.4. The van der Waals surface area contributed by atoms with Crippen molar-refractivity contribution in [2.75, 3.05) is 7.11 Å². The number of hydrogen-bond donors (Lipinski definition) is 1. The molecule has 0 amide bonds. The predicted molar refractivity (Wildman–Crippen MR) is 110 cm³/mol. The zero-order valence-electron chi connectivity index (χ0n) is 17.2. The van der Waals surface area contributed by atoms with Crippen molar-refractivity contribution in [3.05, 3.63) is 71.5 Å². The Kier molecular flexibility index (Phi) is 5.86. The molecular formula is C22H17F3N4O4. The molecular weight excluding hydrogens is 441 g/mol. The molecule has 4 aromatic rings. The number of aryl methyl sites for hydroxylation is 2. The Morgan fingerprint density at radius 3 is 2.48 bits per heavy atom. The minimum atomic E-state index is -4.59. The van der Waals surface area contributed by atoms with E-state index in [1.807, 2.05) is 12.1 Å². The molecule has 0 aliphatic heterocycles. The number of alkyl halides is 3. The molecule has 0 spiro atoms. The molecule has 2 heterocycles. The van der Waals surface area contributed by atoms with Crippen molar-refractivity contribution >= 4 is 5.97 Å². The molecule has 2 aromatic carbocycles. The van der Waals surface area contributed by atoms with Crippen molar-refractivity contribution in [2.24, 2.45) is 0 Å². The van der Waals surface area contributed by atoms with Crippen molar-refractivity contribution in [3.63, 3.8) is 0 Å². The van der Waals surface area contributed by atoms with Crippen LogP contribution in [-0.2, 0) is 19.1 Å². The van der Waals surface area contributed by atoms with Gasteiger partial charge >= 0.3 is 12.1 Å². The SMILES string of the molecule is COc1ccc(-c2nc(-c3ccc(CCn4ccc(C(=O)O)n4)cc3)no2)cc1C(F)(F)F. The highest BCUT2D eigenvalue weighted by Gasteiger charge is 2.35. The van der Waals surface area contributed by atoms with Gasteiger partial charge in [0.05, 0.1) is 12.7 Å². The van der Waals surface area contributed by atoms with E-state index >= 15 is 0 Å². The van der Waals surface area contributed by atoms with Crippen LogP contribution in [0.1, 0.15) is 21.6 Å². The van der Waals surface area contributed by atoms with Gasteiger partial charge in [0.15, 0.2) is 5.69 Å². The standard InChI is InChI=1S/C22H17F3N4O4/c1-32-18-7-6-15(12-16(18)22(23,24)25)20-26-19(28-33-20)14-4-2-13(3-5-14)8-10-29-11-9-17(27-29)21(30)31/h2-7,9,11-12H,8,10H2,1H3,(H,30,31). The molecule has 0 aliphatic rings. The Bertz CT molecular complexity index is 1280. The zero-order valence-corrected chi connectivity index (χ0v) is 17.2. The largest absolute Gasteiger partial charge is 0.496 e. The van der Waals surface area contributed by atoms with Gasteiger partial charge in [-0.15, -0.1) is 0 Å². The van der Waals surface area contributed by atoms with Gasteiger partial charge in [0, 0.05) is 23.9 Å². The molecule has 11 heteroatoms. The van der Waals surface area contributed by atoms with E-state index in [1.54, 1.807) is 23.0 Å². The molecule has 0 saturated carbocycles. The summed E-state index contributed by atoms with van der Waals surface area (Å²) in [6.45, 7) is 0.498. The van der Waals surface area contributed by atoms with Gasteiger partial charge in [0.25, 0.3) is 5.89 Å². The van der Waals surface area contributed by atoms with Gasteiger partial charge in [-0.05, 0) is 36.2 Å². The number of methoxy groups -OCH3 is 1. The minimum Gasteiger partial charge on any atom is -0.496 e. The van der Waals surface area contributed by atoms with Crippen molar-refractivity contribution < 1.29 is 32.3 Å². The third-order valence-electron chi connectivity index (χ3n) is 4.88. The molecule has 0 unspecified atom stereocenters. The van der Waals surface area contributed by atoms with Crippen LogP contribution in [0.3, 0.4) is 0 Å². The number of rotatable bonds is 7. The van der Waals surface area contributed by atoms with Crippen LogP contribution < -0.4 is 4.74 Å². The highest BCUT2D eigenvalue weighted by Crippen LogP contribution is 2.38. The van der Waals surface area contributed by atoms with Gasteiger partial charge in [-0.1, -0.05) is 29.4 Å². The lowest BCUT2D eigenvalue weighted by Gasteiger charge is -2.12. The van der Waals surface area contributed by atoms with Crippen LogP contribution in [-0.4, -0.2) is 38.1 Å². The Morgan fingerprint density at radius 1 is 1.12 bits per heavy atom. The lowest BCUT2D eigenvalue weighted by Crippen LogP contribution is -2.07. The second kappa shape index (κ2) is 8.77. The molecule has 0 aliphatic carbocycles. The third-order valence-corrected chi connectivity index (χ3v) is 4.88. The number of carboxylic acids is 1. The first-order valence-corrected chi connectivity index (χ1v) is 9.70. The number of carboxylic acid groups (broad SMARTS) is 1. The summed E-state index contributed by atoms with van der Waals surface area (Å²) in [4.78, 5) is 15.1. The summed E-state index contributed by atoms with van der Waals surface area (Å²) in [5.74, 6) is -1.19. The fourth-order valence-corrected chi connectivity index (χ4v) is 3.18. The van der Waals surface area contributed by atoms with Crippen LogP contribution in [0.15, 0.2) is 59.3 Å². The second-order valence-electron chi connectivity index (χ2n) is 7.05. The van der Waals surface area contributed by atoms with E-state index in [2.05, 4.69) is 15.2 Å². The molecule has 33 heavy (non-hydrogen) atoms. The molecule has 0 saturated heterocycles. The molecule has 4 rings (SSSR count). The van der Waals surface area contributed by atoms with Crippen LogP contribution in [0.4, 0.5) is 13.2 Å². The average molecular weight is 458 g/mol. The van der Waals surface area contributed by atoms with Gasteiger partial charge in [0.2, 0.25) is 5.82 Å². The smallest absolute Gasteiger partial charge is 0.419 e. The molecule has 2 aromatic heterocycles. The summed E-state index contributed by atoms with van der Waals surface area (Å²) in [6.07, 6.45) is -2.38. The minimum absolute atomic E-state index is 0.0162. The van der Waals surface area contributed by atoms with Crippen LogP contribution in [0.5, 0.6) is 5.75 Å². The maximum absolute atomic E-state index is 13.3. The topological polar surface area (TPSA) is 103 Å². The van der Waals surface area contributed by atoms with Crippen LogP contribution >= 0.6 is 0 Å². The van der Waals surface area contributed by atoms with E-state index < -0.39 is 17.7 Å². The fraction of sp³-hybridized carbons (Fsp3) is 0.182. The van der Waals surface area contributed by atoms with E-state index in [4.69, 9.17) is 14.4 Å². The fourth-order valence-electron chi connectivity index (χ4n) is 3.18. The number of aromatic carboxylic acids is 1. The number of aromatic nitrogens is 4. The first-order valence-electron chi connectivity index (χ1n) is 9.70. The maximum Gasteiger partial charge on any atom is 0.419 e. The number of nitrogens with zero attached hydrogens (tertiary/aromatic N) is 4. The van der Waals surface area contributed by atoms with Crippen LogP contribution in [0.2, 0.25) is 0 Å². The predicted octanol–water partition coefficient (Wildman–Crippen LogP) is 4.57. The van der Waals surface area contributed by atoms with Crippen LogP contribution in [0, 0.1) is 0 Å². The Morgan fingerprint density at radius 2 is 1.85 bits per heavy atom. The summed E-state index contributed by atoms with van der Waals surface area (Å²) in [5.41, 5.74) is 0.778. The van der Waals surface area contributed by atoms with E-state index in [0.29, 0.717) is 18.5 Å².